The molecule has 4 N–H and O–H groups in total. The first-order chi connectivity index (χ1) is 23.9. The summed E-state index contributed by atoms with van der Waals surface area (Å²) in [6.07, 6.45) is 2.81. The van der Waals surface area contributed by atoms with Gasteiger partial charge in [-0.15, -0.1) is 0 Å². The number of pyridine rings is 1. The Hall–Kier alpha value is -4.48. The zero-order chi connectivity index (χ0) is 33.9. The highest BCUT2D eigenvalue weighted by atomic mass is 35.5. The van der Waals surface area contributed by atoms with E-state index >= 15 is 0 Å². The molecule has 10 nitrogen and oxygen atoms in total. The Bertz CT molecular complexity index is 2030. The molecule has 0 spiro atoms. The first kappa shape index (κ1) is 33.0. The minimum absolute atomic E-state index is 0.0972. The molecule has 4 heterocycles. The molecule has 2 atom stereocenters. The van der Waals surface area contributed by atoms with Gasteiger partial charge in [0.25, 0.3) is 0 Å². The van der Waals surface area contributed by atoms with Gasteiger partial charge < -0.3 is 30.4 Å². The van der Waals surface area contributed by atoms with E-state index in [4.69, 9.17) is 37.3 Å². The molecular formula is C37H36Cl2N6O4. The molecular weight excluding hydrogens is 663 g/mol. The van der Waals surface area contributed by atoms with Crippen molar-refractivity contribution >= 4 is 46.1 Å². The number of benzene rings is 3. The fourth-order valence-electron chi connectivity index (χ4n) is 6.44. The van der Waals surface area contributed by atoms with Crippen molar-refractivity contribution < 1.29 is 18.7 Å². The van der Waals surface area contributed by atoms with Gasteiger partial charge in [-0.2, -0.15) is 0 Å². The van der Waals surface area contributed by atoms with Gasteiger partial charge in [-0.25, -0.2) is 9.97 Å². The second-order valence-electron chi connectivity index (χ2n) is 12.4. The first-order valence-corrected chi connectivity index (χ1v) is 17.1. The third kappa shape index (κ3) is 7.28. The topological polar surface area (TPSA) is 130 Å². The van der Waals surface area contributed by atoms with Crippen molar-refractivity contribution in [2.75, 3.05) is 20.2 Å². The third-order valence-electron chi connectivity index (χ3n) is 8.98. The third-order valence-corrected chi connectivity index (χ3v) is 9.80. The summed E-state index contributed by atoms with van der Waals surface area (Å²) >= 11 is 14.2. The molecule has 0 bridgehead atoms. The van der Waals surface area contributed by atoms with E-state index in [1.807, 2.05) is 66.7 Å². The number of nitrogens with one attached hydrogen (secondary N) is 4. The van der Waals surface area contributed by atoms with Crippen LogP contribution in [-0.4, -0.2) is 54.1 Å². The van der Waals surface area contributed by atoms with E-state index in [1.54, 1.807) is 7.11 Å². The Kier molecular flexibility index (Phi) is 9.81. The highest BCUT2D eigenvalue weighted by Gasteiger charge is 2.22. The van der Waals surface area contributed by atoms with Gasteiger partial charge in [-0.3, -0.25) is 9.59 Å². The zero-order valence-corrected chi connectivity index (χ0v) is 28.5. The lowest BCUT2D eigenvalue weighted by Gasteiger charge is -2.15. The van der Waals surface area contributed by atoms with Crippen molar-refractivity contribution in [2.45, 2.75) is 50.9 Å². The van der Waals surface area contributed by atoms with Crippen molar-refractivity contribution in [1.29, 1.82) is 0 Å². The molecule has 0 aliphatic carbocycles. The van der Waals surface area contributed by atoms with E-state index in [1.165, 1.54) is 0 Å². The number of halogens is 2. The van der Waals surface area contributed by atoms with Gasteiger partial charge >= 0.3 is 0 Å². The van der Waals surface area contributed by atoms with Crippen LogP contribution in [0.4, 0.5) is 0 Å². The molecule has 2 aliphatic heterocycles. The summed E-state index contributed by atoms with van der Waals surface area (Å²) in [7, 11) is 1.60. The molecule has 2 aromatic heterocycles. The summed E-state index contributed by atoms with van der Waals surface area (Å²) in [5, 5.41) is 13.7. The Morgan fingerprint density at radius 3 is 2.08 bits per heavy atom. The number of fused-ring (bicyclic) bond motifs is 1. The Morgan fingerprint density at radius 1 is 0.796 bits per heavy atom. The molecule has 2 saturated heterocycles. The predicted octanol–water partition coefficient (Wildman–Crippen LogP) is 6.28. The number of oxazole rings is 1. The summed E-state index contributed by atoms with van der Waals surface area (Å²) < 4.78 is 11.6. The van der Waals surface area contributed by atoms with Crippen molar-refractivity contribution in [3.05, 3.63) is 88.2 Å². The number of carbonyl (C=O) groups excluding carboxylic acids is 2. The molecule has 0 saturated carbocycles. The SMILES string of the molecule is COc1nc(-c2cccc(-c3cccc(-c4ccc5oc(CNCC6CCC(=O)N6)nc5c4)c3Cl)c2Cl)ccc1CNCC1CCC(=O)N1. The monoisotopic (exact) mass is 698 g/mol. The maximum absolute atomic E-state index is 11.5. The maximum Gasteiger partial charge on any atom is 0.220 e. The minimum atomic E-state index is 0.0972. The molecule has 2 amide bonds. The molecule has 252 valence electrons. The lowest BCUT2D eigenvalue weighted by molar-refractivity contribution is -0.120. The van der Waals surface area contributed by atoms with Crippen LogP contribution in [0.5, 0.6) is 5.88 Å². The van der Waals surface area contributed by atoms with Crippen LogP contribution in [-0.2, 0) is 22.7 Å². The van der Waals surface area contributed by atoms with Crippen LogP contribution < -0.4 is 26.0 Å². The zero-order valence-electron chi connectivity index (χ0n) is 26.9. The van der Waals surface area contributed by atoms with Gasteiger partial charge in [0.2, 0.25) is 23.6 Å². The van der Waals surface area contributed by atoms with E-state index in [0.29, 0.717) is 72.1 Å². The maximum atomic E-state index is 11.5. The van der Waals surface area contributed by atoms with E-state index in [9.17, 15) is 9.59 Å². The average Bonchev–Trinajstić information content (AvgIpc) is 3.84. The number of rotatable bonds is 12. The fraction of sp³-hybridized carbons (Fsp3) is 0.297. The van der Waals surface area contributed by atoms with Gasteiger partial charge in [0, 0.05) is 72.4 Å². The molecule has 2 fully saturated rings. The molecule has 0 radical (unpaired) electrons. The van der Waals surface area contributed by atoms with Crippen molar-refractivity contribution in [2.24, 2.45) is 0 Å². The summed E-state index contributed by atoms with van der Waals surface area (Å²) in [6, 6.07) is 21.8. The second kappa shape index (κ2) is 14.6. The minimum Gasteiger partial charge on any atom is -0.481 e. The smallest absolute Gasteiger partial charge is 0.220 e. The summed E-state index contributed by atoms with van der Waals surface area (Å²) in [5.74, 6) is 1.28. The number of nitrogens with zero attached hydrogens (tertiary/aromatic N) is 2. The fourth-order valence-corrected chi connectivity index (χ4v) is 7.11. The number of ether oxygens (including phenoxy) is 1. The summed E-state index contributed by atoms with van der Waals surface area (Å²) in [4.78, 5) is 32.4. The van der Waals surface area contributed by atoms with Crippen molar-refractivity contribution in [3.63, 3.8) is 0 Å². The van der Waals surface area contributed by atoms with E-state index in [-0.39, 0.29) is 23.9 Å². The number of amides is 2. The summed E-state index contributed by atoms with van der Waals surface area (Å²) in [5.41, 5.74) is 7.08. The Morgan fingerprint density at radius 2 is 1.43 bits per heavy atom. The number of hydrogen-bond donors (Lipinski definition) is 4. The normalized spacial score (nSPS) is 17.4. The lowest BCUT2D eigenvalue weighted by Crippen LogP contribution is -2.35. The molecule has 2 unspecified atom stereocenters. The van der Waals surface area contributed by atoms with Gasteiger partial charge in [-0.05, 0) is 36.6 Å². The molecule has 2 aliphatic rings. The van der Waals surface area contributed by atoms with E-state index in [0.717, 1.165) is 51.7 Å². The molecule has 7 rings (SSSR count). The van der Waals surface area contributed by atoms with E-state index in [2.05, 4.69) is 26.3 Å². The van der Waals surface area contributed by atoms with Crippen LogP contribution in [0.25, 0.3) is 44.6 Å². The molecule has 12 heteroatoms. The van der Waals surface area contributed by atoms with Crippen LogP contribution in [0.2, 0.25) is 10.0 Å². The number of methoxy groups -OCH3 is 1. The molecule has 3 aromatic carbocycles. The van der Waals surface area contributed by atoms with Crippen LogP contribution in [0.15, 0.2) is 71.1 Å². The molecule has 49 heavy (non-hydrogen) atoms. The van der Waals surface area contributed by atoms with Crippen LogP contribution >= 0.6 is 23.2 Å². The number of aromatic nitrogens is 2. The van der Waals surface area contributed by atoms with Gasteiger partial charge in [0.05, 0.1) is 29.4 Å². The average molecular weight is 700 g/mol. The van der Waals surface area contributed by atoms with Crippen LogP contribution in [0.3, 0.4) is 0 Å². The number of carbonyl (C=O) groups is 2. The lowest BCUT2D eigenvalue weighted by atomic mass is 9.96. The van der Waals surface area contributed by atoms with Gasteiger partial charge in [0.1, 0.15) is 5.52 Å². The van der Waals surface area contributed by atoms with Crippen molar-refractivity contribution in [1.82, 2.24) is 31.2 Å². The molecule has 5 aromatic rings. The standard InChI is InChI=1S/C37H36Cl2N6O4/c1-48-37-22(17-40-18-23-10-14-32(46)42-23)8-12-29(45-37)28-7-3-6-27(36(28)39)26-5-2-4-25(35(26)38)21-9-13-31-30(16-21)44-34(49-31)20-41-19-24-11-15-33(47)43-24/h2-9,12-13,16,23-24,40-41H,10-11,14-15,17-20H2,1H3,(H,42,46)(H,43,47). The highest BCUT2D eigenvalue weighted by molar-refractivity contribution is 6.39. The van der Waals surface area contributed by atoms with Gasteiger partial charge in [-0.1, -0.05) is 71.7 Å². The Balaban J connectivity index is 1.09. The second-order valence-corrected chi connectivity index (χ2v) is 13.1. The quantitative estimate of drug-likeness (QED) is 0.120. The largest absolute Gasteiger partial charge is 0.481 e. The Labute approximate surface area is 293 Å². The number of hydrogen-bond acceptors (Lipinski definition) is 8. The summed E-state index contributed by atoms with van der Waals surface area (Å²) in [6.45, 7) is 2.36. The van der Waals surface area contributed by atoms with Crippen LogP contribution in [0.1, 0.15) is 37.1 Å². The predicted molar refractivity (Wildman–Crippen MR) is 190 cm³/mol. The van der Waals surface area contributed by atoms with E-state index < -0.39 is 0 Å². The highest BCUT2D eigenvalue weighted by Crippen LogP contribution is 2.42. The van der Waals surface area contributed by atoms with Crippen molar-refractivity contribution in [3.8, 4) is 39.4 Å². The van der Waals surface area contributed by atoms with Gasteiger partial charge in [0.15, 0.2) is 5.58 Å². The van der Waals surface area contributed by atoms with Crippen LogP contribution in [0, 0.1) is 0 Å². The first-order valence-electron chi connectivity index (χ1n) is 16.4.